The van der Waals surface area contributed by atoms with Crippen LogP contribution >= 0.6 is 0 Å². The fourth-order valence-corrected chi connectivity index (χ4v) is 4.02. The molecule has 1 saturated carbocycles. The Morgan fingerprint density at radius 2 is 2.17 bits per heavy atom. The van der Waals surface area contributed by atoms with Crippen molar-refractivity contribution in [3.8, 4) is 0 Å². The molecular weight excluding hydrogens is 290 g/mol. The highest BCUT2D eigenvalue weighted by atomic mass is 16.3. The average Bonchev–Trinajstić information content (AvgIpc) is 3.23. The predicted molar refractivity (Wildman–Crippen MR) is 86.4 cm³/mol. The summed E-state index contributed by atoms with van der Waals surface area (Å²) in [6.45, 7) is 3.38. The number of rotatable bonds is 3. The van der Waals surface area contributed by atoms with Gasteiger partial charge in [0.25, 0.3) is 5.91 Å². The number of carbonyl (C=O) groups is 1. The van der Waals surface area contributed by atoms with Crippen LogP contribution in [-0.2, 0) is 0 Å². The van der Waals surface area contributed by atoms with Crippen molar-refractivity contribution in [3.05, 3.63) is 29.7 Å². The molecule has 5 rings (SSSR count). The molecule has 5 nitrogen and oxygen atoms in total. The lowest BCUT2D eigenvalue weighted by atomic mass is 9.96. The molecule has 2 saturated heterocycles. The Bertz CT molecular complexity index is 753. The van der Waals surface area contributed by atoms with Gasteiger partial charge >= 0.3 is 0 Å². The molecule has 1 aliphatic carbocycles. The maximum atomic E-state index is 12.6. The number of nitrogens with zero attached hydrogens (tertiary/aromatic N) is 2. The van der Waals surface area contributed by atoms with Crippen LogP contribution in [0.25, 0.3) is 11.1 Å². The Balaban J connectivity index is 1.33. The van der Waals surface area contributed by atoms with Crippen LogP contribution in [0.2, 0.25) is 0 Å². The first kappa shape index (κ1) is 13.5. The second-order valence-electron chi connectivity index (χ2n) is 7.33. The van der Waals surface area contributed by atoms with Crippen molar-refractivity contribution in [2.75, 3.05) is 19.6 Å². The molecule has 3 fully saturated rings. The summed E-state index contributed by atoms with van der Waals surface area (Å²) < 4.78 is 5.76. The number of benzene rings is 1. The molecule has 0 radical (unpaired) electrons. The minimum Gasteiger partial charge on any atom is -0.440 e. The van der Waals surface area contributed by atoms with E-state index in [-0.39, 0.29) is 11.9 Å². The molecule has 1 aromatic heterocycles. The molecule has 1 amide bonds. The summed E-state index contributed by atoms with van der Waals surface area (Å²) in [4.78, 5) is 19.6. The number of hydrogen-bond acceptors (Lipinski definition) is 4. The fraction of sp³-hybridized carbons (Fsp3) is 0.556. The van der Waals surface area contributed by atoms with E-state index in [1.54, 1.807) is 0 Å². The van der Waals surface area contributed by atoms with E-state index in [1.165, 1.54) is 32.4 Å². The van der Waals surface area contributed by atoms with Crippen LogP contribution in [0.15, 0.2) is 22.6 Å². The Hall–Kier alpha value is -1.88. The lowest BCUT2D eigenvalue weighted by Gasteiger charge is -2.30. The zero-order valence-corrected chi connectivity index (χ0v) is 13.1. The first-order chi connectivity index (χ1) is 11.2. The quantitative estimate of drug-likeness (QED) is 0.946. The van der Waals surface area contributed by atoms with Crippen LogP contribution in [0.3, 0.4) is 0 Å². The SMILES string of the molecule is O=C(N[C@@H]1C[C@@H]2CCN(C2)C1)c1ccc2oc(C3CC3)nc2c1. The predicted octanol–water partition coefficient (Wildman–Crippen LogP) is 2.53. The molecule has 1 unspecified atom stereocenters. The minimum absolute atomic E-state index is 0.00960. The molecule has 23 heavy (non-hydrogen) atoms. The largest absolute Gasteiger partial charge is 0.440 e. The van der Waals surface area contributed by atoms with Gasteiger partial charge in [0.1, 0.15) is 5.52 Å². The zero-order chi connectivity index (χ0) is 15.4. The molecule has 2 aromatic rings. The molecule has 0 spiro atoms. The monoisotopic (exact) mass is 311 g/mol. The molecular formula is C18H21N3O2. The number of hydrogen-bond donors (Lipinski definition) is 1. The van der Waals surface area contributed by atoms with Crippen LogP contribution < -0.4 is 5.32 Å². The van der Waals surface area contributed by atoms with E-state index >= 15 is 0 Å². The van der Waals surface area contributed by atoms with E-state index < -0.39 is 0 Å². The third kappa shape index (κ3) is 2.53. The summed E-state index contributed by atoms with van der Waals surface area (Å²) in [5.41, 5.74) is 2.26. The van der Waals surface area contributed by atoms with Crippen LogP contribution in [0, 0.1) is 5.92 Å². The number of oxazole rings is 1. The van der Waals surface area contributed by atoms with Gasteiger partial charge in [-0.3, -0.25) is 4.79 Å². The van der Waals surface area contributed by atoms with Crippen LogP contribution in [0.5, 0.6) is 0 Å². The molecule has 3 aliphatic rings. The lowest BCUT2D eigenvalue weighted by molar-refractivity contribution is 0.0909. The number of carbonyl (C=O) groups excluding carboxylic acids is 1. The highest BCUT2D eigenvalue weighted by Gasteiger charge is 2.33. The summed E-state index contributed by atoms with van der Waals surface area (Å²) >= 11 is 0. The standard InChI is InChI=1S/C18H21N3O2/c22-17(19-14-7-11-5-6-21(9-11)10-14)13-3-4-16-15(8-13)20-18(23-16)12-1-2-12/h3-4,8,11-12,14H,1-2,5-7,9-10H2,(H,19,22)/t11-,14+/m0/s1. The van der Waals surface area contributed by atoms with Crippen LogP contribution in [0.1, 0.15) is 47.8 Å². The van der Waals surface area contributed by atoms with E-state index in [2.05, 4.69) is 15.2 Å². The van der Waals surface area contributed by atoms with Crippen LogP contribution in [-0.4, -0.2) is 41.5 Å². The van der Waals surface area contributed by atoms with E-state index in [1.807, 2.05) is 18.2 Å². The Morgan fingerprint density at radius 3 is 3.00 bits per heavy atom. The maximum Gasteiger partial charge on any atom is 0.251 e. The van der Waals surface area contributed by atoms with Gasteiger partial charge in [-0.05, 0) is 56.3 Å². The topological polar surface area (TPSA) is 58.4 Å². The van der Waals surface area contributed by atoms with E-state index in [4.69, 9.17) is 4.42 Å². The number of aromatic nitrogens is 1. The van der Waals surface area contributed by atoms with Gasteiger partial charge in [-0.2, -0.15) is 0 Å². The Morgan fingerprint density at radius 1 is 1.26 bits per heavy atom. The van der Waals surface area contributed by atoms with Gasteiger partial charge in [-0.25, -0.2) is 4.98 Å². The Labute approximate surface area is 135 Å². The molecule has 2 aliphatic heterocycles. The van der Waals surface area contributed by atoms with E-state index in [0.29, 0.717) is 11.5 Å². The highest BCUT2D eigenvalue weighted by molar-refractivity contribution is 5.97. The van der Waals surface area contributed by atoms with Gasteiger partial charge < -0.3 is 14.6 Å². The van der Waals surface area contributed by atoms with Crippen molar-refractivity contribution in [1.82, 2.24) is 15.2 Å². The summed E-state index contributed by atoms with van der Waals surface area (Å²) in [6.07, 6.45) is 4.72. The second kappa shape index (κ2) is 5.06. The average molecular weight is 311 g/mol. The van der Waals surface area contributed by atoms with Gasteiger partial charge in [-0.1, -0.05) is 0 Å². The number of amides is 1. The van der Waals surface area contributed by atoms with Crippen LogP contribution in [0.4, 0.5) is 0 Å². The van der Waals surface area contributed by atoms with Crippen molar-refractivity contribution in [2.45, 2.75) is 37.6 Å². The second-order valence-corrected chi connectivity index (χ2v) is 7.33. The number of nitrogens with one attached hydrogen (secondary N) is 1. The Kier molecular flexibility index (Phi) is 2.98. The van der Waals surface area contributed by atoms with Gasteiger partial charge in [0.2, 0.25) is 0 Å². The van der Waals surface area contributed by atoms with Crippen molar-refractivity contribution in [1.29, 1.82) is 0 Å². The summed E-state index contributed by atoms with van der Waals surface area (Å²) in [5, 5.41) is 3.20. The maximum absolute atomic E-state index is 12.6. The van der Waals surface area contributed by atoms with Gasteiger partial charge in [0, 0.05) is 30.6 Å². The van der Waals surface area contributed by atoms with Crippen molar-refractivity contribution >= 4 is 17.0 Å². The minimum atomic E-state index is 0.00960. The fourth-order valence-electron chi connectivity index (χ4n) is 4.02. The molecule has 3 heterocycles. The molecule has 1 aromatic carbocycles. The molecule has 120 valence electrons. The van der Waals surface area contributed by atoms with Gasteiger partial charge in [-0.15, -0.1) is 0 Å². The third-order valence-electron chi connectivity index (χ3n) is 5.39. The zero-order valence-electron chi connectivity index (χ0n) is 13.1. The molecule has 2 bridgehead atoms. The van der Waals surface area contributed by atoms with E-state index in [9.17, 15) is 4.79 Å². The molecule has 5 heteroatoms. The molecule has 1 N–H and O–H groups in total. The van der Waals surface area contributed by atoms with Crippen molar-refractivity contribution < 1.29 is 9.21 Å². The van der Waals surface area contributed by atoms with Gasteiger partial charge in [0.05, 0.1) is 0 Å². The van der Waals surface area contributed by atoms with Crippen molar-refractivity contribution in [2.24, 2.45) is 5.92 Å². The highest BCUT2D eigenvalue weighted by Crippen LogP contribution is 2.40. The third-order valence-corrected chi connectivity index (χ3v) is 5.39. The summed E-state index contributed by atoms with van der Waals surface area (Å²) in [6, 6.07) is 5.85. The van der Waals surface area contributed by atoms with E-state index in [0.717, 1.165) is 35.9 Å². The number of piperidine rings is 1. The lowest BCUT2D eigenvalue weighted by Crippen LogP contribution is -2.47. The first-order valence-corrected chi connectivity index (χ1v) is 8.68. The number of fused-ring (bicyclic) bond motifs is 3. The summed E-state index contributed by atoms with van der Waals surface area (Å²) in [5.74, 6) is 2.09. The normalized spacial score (nSPS) is 29.8. The van der Waals surface area contributed by atoms with Crippen molar-refractivity contribution in [3.63, 3.8) is 0 Å². The molecule has 3 atom stereocenters. The first-order valence-electron chi connectivity index (χ1n) is 8.68. The summed E-state index contributed by atoms with van der Waals surface area (Å²) in [7, 11) is 0. The smallest absolute Gasteiger partial charge is 0.251 e. The van der Waals surface area contributed by atoms with Gasteiger partial charge in [0.15, 0.2) is 11.5 Å².